The van der Waals surface area contributed by atoms with Crippen LogP contribution >= 0.6 is 11.3 Å². The predicted octanol–water partition coefficient (Wildman–Crippen LogP) is 4.65. The molecule has 1 N–H and O–H groups in total. The van der Waals surface area contributed by atoms with Gasteiger partial charge in [0.1, 0.15) is 17.0 Å². The van der Waals surface area contributed by atoms with E-state index in [2.05, 4.69) is 31.6 Å². The molecule has 2 aliphatic heterocycles. The molecule has 0 radical (unpaired) electrons. The van der Waals surface area contributed by atoms with E-state index in [4.69, 9.17) is 9.72 Å². The maximum atomic E-state index is 5.56. The van der Waals surface area contributed by atoms with Crippen molar-refractivity contribution in [2.24, 2.45) is 5.92 Å². The molecule has 2 unspecified atom stereocenters. The third kappa shape index (κ3) is 3.38. The Hall–Kier alpha value is -2.25. The summed E-state index contributed by atoms with van der Waals surface area (Å²) >= 11 is 1.68. The molecular formula is C24H29N5OS. The van der Waals surface area contributed by atoms with Crippen molar-refractivity contribution in [1.82, 2.24) is 20.3 Å². The summed E-state index contributed by atoms with van der Waals surface area (Å²) in [6.45, 7) is 1.18. The summed E-state index contributed by atoms with van der Waals surface area (Å²) in [5.74, 6) is 2.54. The number of thiophene rings is 1. The molecular weight excluding hydrogens is 406 g/mol. The summed E-state index contributed by atoms with van der Waals surface area (Å²) < 4.78 is 5.56. The second-order valence-electron chi connectivity index (χ2n) is 9.25. The summed E-state index contributed by atoms with van der Waals surface area (Å²) in [6.07, 6.45) is 12.7. The minimum absolute atomic E-state index is 0.577. The van der Waals surface area contributed by atoms with Crippen molar-refractivity contribution < 1.29 is 4.74 Å². The zero-order valence-electron chi connectivity index (χ0n) is 18.0. The highest BCUT2D eigenvalue weighted by Crippen LogP contribution is 2.46. The minimum atomic E-state index is 0.577. The van der Waals surface area contributed by atoms with Gasteiger partial charge >= 0.3 is 0 Å². The lowest BCUT2D eigenvalue weighted by molar-refractivity contribution is 0.274. The van der Waals surface area contributed by atoms with E-state index in [1.54, 1.807) is 31.0 Å². The molecule has 2 saturated heterocycles. The molecule has 1 aliphatic carbocycles. The molecule has 3 aromatic heterocycles. The molecule has 5 heterocycles. The number of anilines is 1. The van der Waals surface area contributed by atoms with Crippen LogP contribution in [0.1, 0.15) is 44.9 Å². The average Bonchev–Trinajstić information content (AvgIpc) is 3.31. The van der Waals surface area contributed by atoms with Crippen LogP contribution < -0.4 is 15.0 Å². The molecule has 6 rings (SSSR count). The molecule has 2 bridgehead atoms. The monoisotopic (exact) mass is 435 g/mol. The van der Waals surface area contributed by atoms with Crippen molar-refractivity contribution in [3.05, 3.63) is 30.0 Å². The van der Waals surface area contributed by atoms with Crippen LogP contribution in [0.5, 0.6) is 5.88 Å². The van der Waals surface area contributed by atoms with Crippen molar-refractivity contribution in [3.8, 4) is 17.0 Å². The smallest absolute Gasteiger partial charge is 0.221 e. The van der Waals surface area contributed by atoms with Gasteiger partial charge in [-0.3, -0.25) is 0 Å². The number of hydrogen-bond donors (Lipinski definition) is 1. The Kier molecular flexibility index (Phi) is 5.03. The van der Waals surface area contributed by atoms with E-state index < -0.39 is 0 Å². The van der Waals surface area contributed by atoms with Crippen LogP contribution in [-0.2, 0) is 0 Å². The molecule has 6 nitrogen and oxygen atoms in total. The van der Waals surface area contributed by atoms with Crippen molar-refractivity contribution in [2.75, 3.05) is 18.6 Å². The number of ether oxygens (including phenoxy) is 1. The molecule has 1 saturated carbocycles. The first kappa shape index (κ1) is 19.4. The summed E-state index contributed by atoms with van der Waals surface area (Å²) in [5.41, 5.74) is 2.15. The average molecular weight is 436 g/mol. The zero-order chi connectivity index (χ0) is 20.8. The van der Waals surface area contributed by atoms with Gasteiger partial charge in [0, 0.05) is 40.8 Å². The first-order chi connectivity index (χ1) is 15.3. The number of methoxy groups -OCH3 is 1. The Balaban J connectivity index is 1.33. The predicted molar refractivity (Wildman–Crippen MR) is 125 cm³/mol. The number of fused-ring (bicyclic) bond motifs is 3. The summed E-state index contributed by atoms with van der Waals surface area (Å²) in [7, 11) is 1.68. The van der Waals surface area contributed by atoms with Gasteiger partial charge in [-0.1, -0.05) is 6.42 Å². The van der Waals surface area contributed by atoms with Crippen molar-refractivity contribution in [2.45, 2.75) is 63.1 Å². The van der Waals surface area contributed by atoms with Crippen LogP contribution in [0.25, 0.3) is 21.3 Å². The van der Waals surface area contributed by atoms with Gasteiger partial charge in [-0.15, -0.1) is 11.3 Å². The number of nitrogens with one attached hydrogen (secondary N) is 1. The fourth-order valence-corrected chi connectivity index (χ4v) is 6.66. The summed E-state index contributed by atoms with van der Waals surface area (Å²) in [4.78, 5) is 17.5. The molecule has 0 amide bonds. The topological polar surface area (TPSA) is 63.2 Å². The van der Waals surface area contributed by atoms with E-state index in [1.165, 1.54) is 51.5 Å². The van der Waals surface area contributed by atoms with Gasteiger partial charge < -0.3 is 15.0 Å². The molecule has 7 heteroatoms. The van der Waals surface area contributed by atoms with Crippen LogP contribution in [0.4, 0.5) is 5.82 Å². The van der Waals surface area contributed by atoms with Gasteiger partial charge in [-0.05, 0) is 63.1 Å². The van der Waals surface area contributed by atoms with Crippen molar-refractivity contribution in [1.29, 1.82) is 0 Å². The molecule has 0 spiro atoms. The van der Waals surface area contributed by atoms with E-state index >= 15 is 0 Å². The normalized spacial score (nSPS) is 25.7. The Labute approximate surface area is 187 Å². The Morgan fingerprint density at radius 1 is 1.10 bits per heavy atom. The maximum Gasteiger partial charge on any atom is 0.221 e. The SMILES string of the molecule is COc1ncccc1-c1csc2ncnc(N3C4CCC3CC(CNC3CCC3)C4)c12. The second kappa shape index (κ2) is 8.02. The Bertz CT molecular complexity index is 1070. The fraction of sp³-hybridized carbons (Fsp3) is 0.542. The fourth-order valence-electron chi connectivity index (χ4n) is 5.76. The quantitative estimate of drug-likeness (QED) is 0.608. The highest BCUT2D eigenvalue weighted by atomic mass is 32.1. The van der Waals surface area contributed by atoms with E-state index in [1.807, 2.05) is 6.07 Å². The molecule has 3 aromatic rings. The van der Waals surface area contributed by atoms with Crippen LogP contribution in [0.2, 0.25) is 0 Å². The number of pyridine rings is 1. The van der Waals surface area contributed by atoms with E-state index in [-0.39, 0.29) is 0 Å². The number of aromatic nitrogens is 3. The Morgan fingerprint density at radius 2 is 1.94 bits per heavy atom. The van der Waals surface area contributed by atoms with Gasteiger partial charge in [0.25, 0.3) is 0 Å². The summed E-state index contributed by atoms with van der Waals surface area (Å²) in [6, 6.07) is 5.98. The van der Waals surface area contributed by atoms with Gasteiger partial charge in [-0.2, -0.15) is 0 Å². The highest BCUT2D eigenvalue weighted by Gasteiger charge is 2.42. The molecule has 31 heavy (non-hydrogen) atoms. The summed E-state index contributed by atoms with van der Waals surface area (Å²) in [5, 5.41) is 7.15. The van der Waals surface area contributed by atoms with Crippen molar-refractivity contribution >= 4 is 27.4 Å². The maximum absolute atomic E-state index is 5.56. The van der Waals surface area contributed by atoms with Gasteiger partial charge in [0.05, 0.1) is 12.5 Å². The van der Waals surface area contributed by atoms with E-state index in [0.717, 1.165) is 39.1 Å². The second-order valence-corrected chi connectivity index (χ2v) is 10.1. The van der Waals surface area contributed by atoms with Gasteiger partial charge in [0.2, 0.25) is 5.88 Å². The van der Waals surface area contributed by atoms with E-state index in [0.29, 0.717) is 18.0 Å². The zero-order valence-corrected chi connectivity index (χ0v) is 18.8. The third-order valence-electron chi connectivity index (χ3n) is 7.48. The molecule has 0 aromatic carbocycles. The molecule has 3 fully saturated rings. The molecule has 3 aliphatic rings. The number of piperidine rings is 1. The largest absolute Gasteiger partial charge is 0.481 e. The first-order valence-electron chi connectivity index (χ1n) is 11.5. The highest BCUT2D eigenvalue weighted by molar-refractivity contribution is 7.17. The minimum Gasteiger partial charge on any atom is -0.481 e. The number of rotatable bonds is 6. The van der Waals surface area contributed by atoms with Crippen molar-refractivity contribution in [3.63, 3.8) is 0 Å². The van der Waals surface area contributed by atoms with Gasteiger partial charge in [0.15, 0.2) is 0 Å². The number of hydrogen-bond acceptors (Lipinski definition) is 7. The third-order valence-corrected chi connectivity index (χ3v) is 8.37. The van der Waals surface area contributed by atoms with Crippen LogP contribution in [-0.4, -0.2) is 46.7 Å². The standard InChI is InChI=1S/C24H29N5OS/c1-30-23-19(6-3-9-25-23)20-13-31-24-21(20)22(27-14-28-24)29-17-7-8-18(29)11-15(10-17)12-26-16-4-2-5-16/h3,6,9,13-18,26H,2,4-5,7-8,10-12H2,1H3. The van der Waals surface area contributed by atoms with Crippen LogP contribution in [0.15, 0.2) is 30.0 Å². The molecule has 162 valence electrons. The first-order valence-corrected chi connectivity index (χ1v) is 12.4. The number of nitrogens with zero attached hydrogens (tertiary/aromatic N) is 4. The Morgan fingerprint density at radius 3 is 2.68 bits per heavy atom. The van der Waals surface area contributed by atoms with Gasteiger partial charge in [-0.25, -0.2) is 15.0 Å². The van der Waals surface area contributed by atoms with Crippen LogP contribution in [0.3, 0.4) is 0 Å². The van der Waals surface area contributed by atoms with Crippen LogP contribution in [0, 0.1) is 5.92 Å². The molecule has 2 atom stereocenters. The lowest BCUT2D eigenvalue weighted by Gasteiger charge is -2.41. The van der Waals surface area contributed by atoms with E-state index in [9.17, 15) is 0 Å². The lowest BCUT2D eigenvalue weighted by atomic mass is 9.88. The lowest BCUT2D eigenvalue weighted by Crippen LogP contribution is -2.47.